The van der Waals surface area contributed by atoms with Gasteiger partial charge in [-0.1, -0.05) is 18.2 Å². The maximum absolute atomic E-state index is 12.6. The van der Waals surface area contributed by atoms with Gasteiger partial charge < -0.3 is 10.2 Å². The van der Waals surface area contributed by atoms with Gasteiger partial charge in [0.15, 0.2) is 0 Å². The van der Waals surface area contributed by atoms with Crippen LogP contribution in [0, 0.1) is 13.8 Å². The van der Waals surface area contributed by atoms with E-state index in [0.29, 0.717) is 11.4 Å². The van der Waals surface area contributed by atoms with Crippen molar-refractivity contribution >= 4 is 35.0 Å². The first-order valence-corrected chi connectivity index (χ1v) is 8.42. The number of carbonyl (C=O) groups excluding carboxylic acids is 2. The van der Waals surface area contributed by atoms with E-state index >= 15 is 0 Å². The topological polar surface area (TPSA) is 49.4 Å². The first kappa shape index (κ1) is 15.6. The molecule has 3 rings (SSSR count). The molecular formula is C18H18N2O2S. The van der Waals surface area contributed by atoms with Crippen molar-refractivity contribution in [1.29, 1.82) is 0 Å². The predicted molar refractivity (Wildman–Crippen MR) is 94.1 cm³/mol. The number of hydrogen-bond acceptors (Lipinski definition) is 3. The number of benzene rings is 2. The van der Waals surface area contributed by atoms with E-state index < -0.39 is 0 Å². The normalized spacial score (nSPS) is 13.5. The Hall–Kier alpha value is -2.27. The summed E-state index contributed by atoms with van der Waals surface area (Å²) >= 11 is 1.50. The van der Waals surface area contributed by atoms with E-state index in [4.69, 9.17) is 0 Å². The number of carbonyl (C=O) groups is 2. The number of rotatable bonds is 3. The van der Waals surface area contributed by atoms with Crippen LogP contribution in [0.2, 0.25) is 0 Å². The summed E-state index contributed by atoms with van der Waals surface area (Å²) in [7, 11) is 0. The molecule has 0 atom stereocenters. The molecule has 0 spiro atoms. The van der Waals surface area contributed by atoms with Gasteiger partial charge >= 0.3 is 0 Å². The highest BCUT2D eigenvalue weighted by Crippen LogP contribution is 2.30. The number of aryl methyl sites for hydroxylation is 2. The quantitative estimate of drug-likeness (QED) is 0.880. The summed E-state index contributed by atoms with van der Waals surface area (Å²) in [5.41, 5.74) is 3.90. The number of para-hydroxylation sites is 2. The summed E-state index contributed by atoms with van der Waals surface area (Å²) in [6, 6.07) is 13.5. The Morgan fingerprint density at radius 2 is 1.96 bits per heavy atom. The fourth-order valence-corrected chi connectivity index (χ4v) is 3.35. The van der Waals surface area contributed by atoms with Gasteiger partial charge in [0.05, 0.1) is 17.1 Å². The van der Waals surface area contributed by atoms with Crippen LogP contribution < -0.4 is 10.2 Å². The van der Waals surface area contributed by atoms with Crippen molar-refractivity contribution in [3.63, 3.8) is 0 Å². The molecule has 1 N–H and O–H groups in total. The van der Waals surface area contributed by atoms with Crippen LogP contribution >= 0.6 is 11.8 Å². The van der Waals surface area contributed by atoms with Gasteiger partial charge in [-0.2, -0.15) is 0 Å². The molecule has 0 saturated heterocycles. The molecule has 118 valence electrons. The van der Waals surface area contributed by atoms with E-state index in [2.05, 4.69) is 31.3 Å². The third kappa shape index (κ3) is 3.40. The van der Waals surface area contributed by atoms with Crippen molar-refractivity contribution in [2.75, 3.05) is 22.5 Å². The molecule has 4 nitrogen and oxygen atoms in total. The summed E-state index contributed by atoms with van der Waals surface area (Å²) < 4.78 is 0. The molecule has 0 unspecified atom stereocenters. The van der Waals surface area contributed by atoms with Crippen LogP contribution in [-0.2, 0) is 9.59 Å². The second-order valence-corrected chi connectivity index (χ2v) is 6.63. The molecule has 0 fully saturated rings. The molecule has 0 aromatic heterocycles. The van der Waals surface area contributed by atoms with Gasteiger partial charge in [0.2, 0.25) is 11.8 Å². The summed E-state index contributed by atoms with van der Waals surface area (Å²) in [6.45, 7) is 4.20. The Balaban J connectivity index is 1.73. The van der Waals surface area contributed by atoms with E-state index in [1.165, 1.54) is 22.9 Å². The summed E-state index contributed by atoms with van der Waals surface area (Å²) in [4.78, 5) is 27.0. The van der Waals surface area contributed by atoms with E-state index in [-0.39, 0.29) is 18.4 Å². The molecule has 0 aliphatic carbocycles. The Labute approximate surface area is 139 Å². The van der Waals surface area contributed by atoms with E-state index in [1.807, 2.05) is 30.3 Å². The third-order valence-electron chi connectivity index (χ3n) is 3.91. The van der Waals surface area contributed by atoms with Crippen molar-refractivity contribution in [2.45, 2.75) is 18.7 Å². The smallest absolute Gasteiger partial charge is 0.244 e. The van der Waals surface area contributed by atoms with Crippen LogP contribution in [0.5, 0.6) is 0 Å². The average Bonchev–Trinajstić information content (AvgIpc) is 2.54. The van der Waals surface area contributed by atoms with Crippen molar-refractivity contribution in [3.05, 3.63) is 53.6 Å². The average molecular weight is 326 g/mol. The van der Waals surface area contributed by atoms with E-state index in [9.17, 15) is 9.59 Å². The van der Waals surface area contributed by atoms with Crippen LogP contribution in [0.25, 0.3) is 0 Å². The van der Waals surface area contributed by atoms with Gasteiger partial charge in [-0.3, -0.25) is 9.59 Å². The van der Waals surface area contributed by atoms with Gasteiger partial charge in [0.25, 0.3) is 0 Å². The maximum atomic E-state index is 12.6. The third-order valence-corrected chi connectivity index (χ3v) is 4.89. The number of amides is 2. The Kier molecular flexibility index (Phi) is 4.39. The lowest BCUT2D eigenvalue weighted by Crippen LogP contribution is -2.43. The fourth-order valence-electron chi connectivity index (χ4n) is 2.48. The van der Waals surface area contributed by atoms with Crippen molar-refractivity contribution in [2.24, 2.45) is 0 Å². The number of thioether (sulfide) groups is 1. The summed E-state index contributed by atoms with van der Waals surface area (Å²) in [6.07, 6.45) is 0. The lowest BCUT2D eigenvalue weighted by atomic mass is 10.1. The first-order chi connectivity index (χ1) is 11.0. The molecule has 2 aromatic rings. The molecule has 1 aliphatic rings. The van der Waals surface area contributed by atoms with Gasteiger partial charge in [-0.05, 0) is 49.2 Å². The van der Waals surface area contributed by atoms with E-state index in [0.717, 1.165) is 10.6 Å². The SMILES string of the molecule is Cc1ccc(SCC(=O)N2CC(=O)Nc3ccccc32)cc1C. The van der Waals surface area contributed by atoms with Crippen molar-refractivity contribution in [1.82, 2.24) is 0 Å². The lowest BCUT2D eigenvalue weighted by Gasteiger charge is -2.29. The molecule has 23 heavy (non-hydrogen) atoms. The van der Waals surface area contributed by atoms with Gasteiger partial charge in [0, 0.05) is 4.90 Å². The summed E-state index contributed by atoms with van der Waals surface area (Å²) in [5.74, 6) is 0.0909. The predicted octanol–water partition coefficient (Wildman–Crippen LogP) is 3.38. The van der Waals surface area contributed by atoms with Gasteiger partial charge in [-0.15, -0.1) is 11.8 Å². The van der Waals surface area contributed by atoms with Crippen molar-refractivity contribution < 1.29 is 9.59 Å². The number of nitrogens with one attached hydrogen (secondary N) is 1. The second-order valence-electron chi connectivity index (χ2n) is 5.58. The molecule has 2 aromatic carbocycles. The maximum Gasteiger partial charge on any atom is 0.244 e. The number of fused-ring (bicyclic) bond motifs is 1. The minimum absolute atomic E-state index is 0.0597. The highest BCUT2D eigenvalue weighted by atomic mass is 32.2. The van der Waals surface area contributed by atoms with Crippen molar-refractivity contribution in [3.8, 4) is 0 Å². The molecule has 5 heteroatoms. The minimum Gasteiger partial charge on any atom is -0.323 e. The van der Waals surface area contributed by atoms with Crippen LogP contribution in [0.4, 0.5) is 11.4 Å². The molecular weight excluding hydrogens is 308 g/mol. The Bertz CT molecular complexity index is 773. The van der Waals surface area contributed by atoms with E-state index in [1.54, 1.807) is 4.90 Å². The highest BCUT2D eigenvalue weighted by Gasteiger charge is 2.26. The molecule has 1 heterocycles. The zero-order valence-electron chi connectivity index (χ0n) is 13.1. The summed E-state index contributed by atoms with van der Waals surface area (Å²) in [5, 5.41) is 2.79. The molecule has 1 aliphatic heterocycles. The second kappa shape index (κ2) is 6.46. The number of nitrogens with zero attached hydrogens (tertiary/aromatic N) is 1. The number of hydrogen-bond donors (Lipinski definition) is 1. The lowest BCUT2D eigenvalue weighted by molar-refractivity contribution is -0.120. The van der Waals surface area contributed by atoms with Crippen LogP contribution in [0.1, 0.15) is 11.1 Å². The van der Waals surface area contributed by atoms with Gasteiger partial charge in [0.1, 0.15) is 6.54 Å². The Morgan fingerprint density at radius 1 is 1.17 bits per heavy atom. The Morgan fingerprint density at radius 3 is 2.74 bits per heavy atom. The molecule has 2 amide bonds. The molecule has 0 bridgehead atoms. The van der Waals surface area contributed by atoms with Crippen LogP contribution in [0.15, 0.2) is 47.4 Å². The zero-order chi connectivity index (χ0) is 16.4. The zero-order valence-corrected chi connectivity index (χ0v) is 13.9. The minimum atomic E-state index is -0.159. The largest absolute Gasteiger partial charge is 0.323 e. The van der Waals surface area contributed by atoms with Crippen LogP contribution in [-0.4, -0.2) is 24.1 Å². The monoisotopic (exact) mass is 326 g/mol. The first-order valence-electron chi connectivity index (χ1n) is 7.44. The standard InChI is InChI=1S/C18H18N2O2S/c1-12-7-8-14(9-13(12)2)23-11-18(22)20-10-17(21)19-15-5-3-4-6-16(15)20/h3-9H,10-11H2,1-2H3,(H,19,21). The highest BCUT2D eigenvalue weighted by molar-refractivity contribution is 8.00. The van der Waals surface area contributed by atoms with Crippen LogP contribution in [0.3, 0.4) is 0 Å². The molecule has 0 radical (unpaired) electrons. The fraction of sp³-hybridized carbons (Fsp3) is 0.222. The molecule has 0 saturated carbocycles. The number of anilines is 2. The van der Waals surface area contributed by atoms with Gasteiger partial charge in [-0.25, -0.2) is 0 Å².